The van der Waals surface area contributed by atoms with E-state index in [1.54, 1.807) is 23.1 Å². The molecule has 0 spiro atoms. The van der Waals surface area contributed by atoms with E-state index in [9.17, 15) is 4.79 Å². The smallest absolute Gasteiger partial charge is 0.278 e. The fourth-order valence-corrected chi connectivity index (χ4v) is 3.78. The lowest BCUT2D eigenvalue weighted by molar-refractivity contribution is 0.102. The molecule has 0 saturated carbocycles. The fourth-order valence-electron chi connectivity index (χ4n) is 2.72. The summed E-state index contributed by atoms with van der Waals surface area (Å²) in [6, 6.07) is 17.0. The number of amides is 1. The molecule has 9 heteroatoms. The van der Waals surface area contributed by atoms with Crippen molar-refractivity contribution in [1.29, 1.82) is 0 Å². The molecule has 150 valence electrons. The predicted molar refractivity (Wildman–Crippen MR) is 120 cm³/mol. The number of hydrogen-bond donors (Lipinski definition) is 1. The second kappa shape index (κ2) is 9.19. The van der Waals surface area contributed by atoms with Crippen molar-refractivity contribution in [3.63, 3.8) is 0 Å². The minimum absolute atomic E-state index is 0.266. The molecule has 0 aliphatic rings. The summed E-state index contributed by atoms with van der Waals surface area (Å²) >= 11 is 4.86. The monoisotopic (exact) mass is 480 g/mol. The zero-order valence-electron chi connectivity index (χ0n) is 16.0. The molecule has 1 amide bonds. The van der Waals surface area contributed by atoms with Crippen molar-refractivity contribution in [3.8, 4) is 5.69 Å². The number of nitrogens with one attached hydrogen (secondary N) is 1. The first-order valence-corrected chi connectivity index (χ1v) is 10.9. The van der Waals surface area contributed by atoms with Gasteiger partial charge in [0.2, 0.25) is 0 Å². The minimum Gasteiger partial charge on any atom is -0.321 e. The third-order valence-electron chi connectivity index (χ3n) is 4.24. The van der Waals surface area contributed by atoms with Crippen LogP contribution in [0.3, 0.4) is 0 Å². The number of carbonyl (C=O) groups is 1. The molecule has 1 N–H and O–H groups in total. The summed E-state index contributed by atoms with van der Waals surface area (Å²) in [7, 11) is 0. The lowest BCUT2D eigenvalue weighted by Crippen LogP contribution is -2.15. The van der Waals surface area contributed by atoms with E-state index in [1.807, 2.05) is 55.5 Å². The van der Waals surface area contributed by atoms with Crippen LogP contribution >= 0.6 is 27.7 Å². The van der Waals surface area contributed by atoms with Gasteiger partial charge in [-0.05, 0) is 49.4 Å². The number of hydrogen-bond acceptors (Lipinski definition) is 6. The highest BCUT2D eigenvalue weighted by molar-refractivity contribution is 9.10. The van der Waals surface area contributed by atoms with Crippen molar-refractivity contribution >= 4 is 39.3 Å². The zero-order chi connectivity index (χ0) is 20.9. The maximum absolute atomic E-state index is 13.0. The average Bonchev–Trinajstić information content (AvgIpc) is 3.19. The van der Waals surface area contributed by atoms with Crippen LogP contribution in [0.1, 0.15) is 21.7 Å². The highest BCUT2D eigenvalue weighted by Crippen LogP contribution is 2.24. The van der Waals surface area contributed by atoms with Crippen molar-refractivity contribution in [2.75, 3.05) is 5.32 Å². The number of thioether (sulfide) groups is 1. The van der Waals surface area contributed by atoms with E-state index in [1.165, 1.54) is 11.8 Å². The lowest BCUT2D eigenvalue weighted by Gasteiger charge is -2.09. The van der Waals surface area contributed by atoms with Crippen LogP contribution in [0.25, 0.3) is 5.69 Å². The molecule has 0 radical (unpaired) electrons. The molecule has 2 heterocycles. The average molecular weight is 481 g/mol. The predicted octanol–water partition coefficient (Wildman–Crippen LogP) is 4.67. The Morgan fingerprint density at radius 2 is 1.77 bits per heavy atom. The molecule has 0 saturated heterocycles. The fraction of sp³-hybridized carbons (Fsp3) is 0.0952. The highest BCUT2D eigenvalue weighted by atomic mass is 79.9. The molecule has 0 unspecified atom stereocenters. The third-order valence-corrected chi connectivity index (χ3v) is 5.65. The molecule has 2 aromatic heterocycles. The molecular weight excluding hydrogens is 464 g/mol. The van der Waals surface area contributed by atoms with Crippen LogP contribution in [-0.2, 0) is 5.75 Å². The van der Waals surface area contributed by atoms with Gasteiger partial charge < -0.3 is 5.32 Å². The van der Waals surface area contributed by atoms with E-state index >= 15 is 0 Å². The molecular formula is C21H17BrN6OS. The maximum Gasteiger partial charge on any atom is 0.278 e. The van der Waals surface area contributed by atoms with Gasteiger partial charge in [-0.15, -0.1) is 5.10 Å². The first-order valence-electron chi connectivity index (χ1n) is 9.08. The van der Waals surface area contributed by atoms with Crippen molar-refractivity contribution < 1.29 is 4.79 Å². The van der Waals surface area contributed by atoms with Gasteiger partial charge in [0.15, 0.2) is 10.9 Å². The summed E-state index contributed by atoms with van der Waals surface area (Å²) in [4.78, 5) is 21.4. The molecule has 30 heavy (non-hydrogen) atoms. The topological polar surface area (TPSA) is 85.6 Å². The van der Waals surface area contributed by atoms with Gasteiger partial charge in [-0.3, -0.25) is 4.79 Å². The normalized spacial score (nSPS) is 10.7. The molecule has 7 nitrogen and oxygen atoms in total. The van der Waals surface area contributed by atoms with E-state index in [0.29, 0.717) is 22.3 Å². The Bertz CT molecular complexity index is 1150. The largest absolute Gasteiger partial charge is 0.321 e. The quantitative estimate of drug-likeness (QED) is 0.318. The van der Waals surface area contributed by atoms with Gasteiger partial charge in [-0.2, -0.15) is 0 Å². The van der Waals surface area contributed by atoms with Crippen LogP contribution in [-0.4, -0.2) is 30.9 Å². The van der Waals surface area contributed by atoms with E-state index < -0.39 is 0 Å². The van der Waals surface area contributed by atoms with Crippen molar-refractivity contribution in [1.82, 2.24) is 25.0 Å². The second-order valence-electron chi connectivity index (χ2n) is 6.41. The number of aromatic nitrogens is 5. The Morgan fingerprint density at radius 1 is 1.07 bits per heavy atom. The van der Waals surface area contributed by atoms with E-state index in [4.69, 9.17) is 0 Å². The first kappa shape index (κ1) is 20.2. The zero-order valence-corrected chi connectivity index (χ0v) is 18.4. The molecule has 0 bridgehead atoms. The van der Waals surface area contributed by atoms with Crippen LogP contribution in [0.15, 0.2) is 76.6 Å². The SMILES string of the molecule is Cc1ccc(NC(=O)c2nnn(-c3ccc(Br)cc3)c2CSc2ncccn2)cc1. The Hall–Kier alpha value is -3.04. The molecule has 0 atom stereocenters. The number of anilines is 1. The van der Waals surface area contributed by atoms with Crippen LogP contribution < -0.4 is 5.32 Å². The standard InChI is InChI=1S/C21H17BrN6OS/c1-14-3-7-16(8-4-14)25-20(29)19-18(13-30-21-23-11-2-12-24-21)28(27-26-19)17-9-5-15(22)6-10-17/h2-12H,13H2,1H3,(H,25,29). The van der Waals surface area contributed by atoms with Crippen molar-refractivity contribution in [3.05, 3.63) is 88.4 Å². The Kier molecular flexibility index (Phi) is 6.20. The van der Waals surface area contributed by atoms with Gasteiger partial charge in [-0.1, -0.05) is 50.6 Å². The summed E-state index contributed by atoms with van der Waals surface area (Å²) in [5.41, 5.74) is 3.56. The minimum atomic E-state index is -0.313. The third kappa shape index (κ3) is 4.74. The van der Waals surface area contributed by atoms with Gasteiger partial charge in [0.1, 0.15) is 0 Å². The van der Waals surface area contributed by atoms with E-state index in [2.05, 4.69) is 41.5 Å². The Morgan fingerprint density at radius 3 is 2.47 bits per heavy atom. The first-order chi connectivity index (χ1) is 14.6. The lowest BCUT2D eigenvalue weighted by atomic mass is 10.2. The molecule has 0 aliphatic carbocycles. The van der Waals surface area contributed by atoms with Gasteiger partial charge in [-0.25, -0.2) is 14.6 Å². The number of halogens is 1. The van der Waals surface area contributed by atoms with Crippen LogP contribution in [0.5, 0.6) is 0 Å². The highest BCUT2D eigenvalue weighted by Gasteiger charge is 2.21. The van der Waals surface area contributed by atoms with Gasteiger partial charge in [0.25, 0.3) is 5.91 Å². The maximum atomic E-state index is 13.0. The summed E-state index contributed by atoms with van der Waals surface area (Å²) < 4.78 is 2.63. The van der Waals surface area contributed by atoms with E-state index in [-0.39, 0.29) is 11.6 Å². The molecule has 2 aromatic carbocycles. The van der Waals surface area contributed by atoms with Gasteiger partial charge >= 0.3 is 0 Å². The molecule has 4 aromatic rings. The van der Waals surface area contributed by atoms with Gasteiger partial charge in [0.05, 0.1) is 11.4 Å². The van der Waals surface area contributed by atoms with Crippen molar-refractivity contribution in [2.24, 2.45) is 0 Å². The number of nitrogens with zero attached hydrogens (tertiary/aromatic N) is 5. The van der Waals surface area contributed by atoms with Gasteiger partial charge in [0, 0.05) is 28.3 Å². The number of rotatable bonds is 6. The summed E-state index contributed by atoms with van der Waals surface area (Å²) in [5, 5.41) is 11.9. The van der Waals surface area contributed by atoms with Crippen LogP contribution in [0, 0.1) is 6.92 Å². The number of carbonyl (C=O) groups excluding carboxylic acids is 1. The van der Waals surface area contributed by atoms with Crippen LogP contribution in [0.4, 0.5) is 5.69 Å². The van der Waals surface area contributed by atoms with Crippen molar-refractivity contribution in [2.45, 2.75) is 17.8 Å². The Labute approximate surface area is 186 Å². The van der Waals surface area contributed by atoms with Crippen LogP contribution in [0.2, 0.25) is 0 Å². The second-order valence-corrected chi connectivity index (χ2v) is 8.27. The summed E-state index contributed by atoms with van der Waals surface area (Å²) in [6.45, 7) is 2.00. The summed E-state index contributed by atoms with van der Waals surface area (Å²) in [6.07, 6.45) is 3.37. The van der Waals surface area contributed by atoms with E-state index in [0.717, 1.165) is 15.7 Å². The molecule has 0 aliphatic heterocycles. The molecule has 0 fully saturated rings. The summed E-state index contributed by atoms with van der Waals surface area (Å²) in [5.74, 6) is 0.121. The molecule has 4 rings (SSSR count). The Balaban J connectivity index is 1.65. The number of aryl methyl sites for hydroxylation is 1. The number of benzene rings is 2.